The second-order valence-corrected chi connectivity index (χ2v) is 4.90. The summed E-state index contributed by atoms with van der Waals surface area (Å²) in [7, 11) is 0. The van der Waals surface area contributed by atoms with Crippen molar-refractivity contribution in [1.29, 1.82) is 0 Å². The lowest BCUT2D eigenvalue weighted by Gasteiger charge is -2.20. The van der Waals surface area contributed by atoms with Gasteiger partial charge in [0.25, 0.3) is 0 Å². The van der Waals surface area contributed by atoms with Crippen LogP contribution in [0.5, 0.6) is 0 Å². The third kappa shape index (κ3) is 3.82. The molecule has 1 atom stereocenters. The van der Waals surface area contributed by atoms with Gasteiger partial charge in [0.05, 0.1) is 0 Å². The van der Waals surface area contributed by atoms with Crippen molar-refractivity contribution in [3.05, 3.63) is 65.5 Å². The zero-order chi connectivity index (χ0) is 13.7. The topological polar surface area (TPSA) is 12.0 Å². The van der Waals surface area contributed by atoms with E-state index in [1.165, 1.54) is 11.6 Å². The van der Waals surface area contributed by atoms with Crippen LogP contribution in [0.25, 0.3) is 0 Å². The summed E-state index contributed by atoms with van der Waals surface area (Å²) in [5.74, 6) is -0.192. The summed E-state index contributed by atoms with van der Waals surface area (Å²) in [4.78, 5) is 0. The summed E-state index contributed by atoms with van der Waals surface area (Å²) in [5, 5.41) is 3.45. The molecule has 0 saturated carbocycles. The molecule has 0 spiro atoms. The third-order valence-corrected chi connectivity index (χ3v) is 3.38. The first-order valence-corrected chi connectivity index (χ1v) is 6.75. The fraction of sp³-hybridized carbons (Fsp3) is 0.294. The molecule has 0 aliphatic carbocycles. The first-order chi connectivity index (χ1) is 9.19. The molecule has 2 heteroatoms. The van der Waals surface area contributed by atoms with Crippen LogP contribution in [0.4, 0.5) is 10.1 Å². The fourth-order valence-corrected chi connectivity index (χ4v) is 2.17. The fourth-order valence-electron chi connectivity index (χ4n) is 2.17. The van der Waals surface area contributed by atoms with Crippen LogP contribution < -0.4 is 5.32 Å². The maximum atomic E-state index is 13.3. The molecule has 0 aliphatic rings. The lowest BCUT2D eigenvalue weighted by molar-refractivity contribution is 0.626. The molecule has 0 bridgehead atoms. The van der Waals surface area contributed by atoms with Crippen molar-refractivity contribution in [2.24, 2.45) is 0 Å². The Bertz CT molecular complexity index is 522. The van der Waals surface area contributed by atoms with Gasteiger partial charge in [-0.25, -0.2) is 4.39 Å². The Morgan fingerprint density at radius 1 is 1.11 bits per heavy atom. The van der Waals surface area contributed by atoms with Gasteiger partial charge >= 0.3 is 0 Å². The van der Waals surface area contributed by atoms with Crippen molar-refractivity contribution < 1.29 is 4.39 Å². The van der Waals surface area contributed by atoms with Crippen molar-refractivity contribution >= 4 is 5.69 Å². The van der Waals surface area contributed by atoms with Gasteiger partial charge in [0.2, 0.25) is 0 Å². The van der Waals surface area contributed by atoms with E-state index in [1.807, 2.05) is 19.1 Å². The molecule has 0 amide bonds. The van der Waals surface area contributed by atoms with Crippen molar-refractivity contribution in [1.82, 2.24) is 0 Å². The van der Waals surface area contributed by atoms with Gasteiger partial charge < -0.3 is 5.32 Å². The molecule has 19 heavy (non-hydrogen) atoms. The number of nitrogens with one attached hydrogen (secondary N) is 1. The number of aryl methyl sites for hydroxylation is 1. The van der Waals surface area contributed by atoms with Gasteiger partial charge in [-0.15, -0.1) is 0 Å². The molecule has 0 aliphatic heterocycles. The monoisotopic (exact) mass is 257 g/mol. The molecular weight excluding hydrogens is 237 g/mol. The number of benzene rings is 2. The van der Waals surface area contributed by atoms with Gasteiger partial charge in [-0.2, -0.15) is 0 Å². The van der Waals surface area contributed by atoms with E-state index in [1.54, 1.807) is 6.07 Å². The van der Waals surface area contributed by atoms with E-state index in [0.29, 0.717) is 6.04 Å². The smallest absolute Gasteiger partial charge is 0.125 e. The van der Waals surface area contributed by atoms with Gasteiger partial charge in [-0.05, 0) is 43.0 Å². The molecule has 1 N–H and O–H groups in total. The molecule has 2 aromatic carbocycles. The third-order valence-electron chi connectivity index (χ3n) is 3.38. The lowest BCUT2D eigenvalue weighted by atomic mass is 10.0. The number of rotatable bonds is 5. The molecule has 2 rings (SSSR count). The quantitative estimate of drug-likeness (QED) is 0.827. The number of hydrogen-bond donors (Lipinski definition) is 1. The highest BCUT2D eigenvalue weighted by Gasteiger charge is 2.09. The number of hydrogen-bond acceptors (Lipinski definition) is 1. The van der Waals surface area contributed by atoms with Crippen molar-refractivity contribution in [2.45, 2.75) is 32.7 Å². The van der Waals surface area contributed by atoms with Crippen molar-refractivity contribution in [2.75, 3.05) is 5.32 Å². The summed E-state index contributed by atoms with van der Waals surface area (Å²) >= 11 is 0. The predicted octanol–water partition coefficient (Wildman–Crippen LogP) is 4.57. The Balaban J connectivity index is 2.09. The minimum absolute atomic E-state index is 0.192. The highest BCUT2D eigenvalue weighted by molar-refractivity contribution is 5.51. The van der Waals surface area contributed by atoms with Crippen LogP contribution in [0.2, 0.25) is 0 Å². The molecule has 0 fully saturated rings. The lowest BCUT2D eigenvalue weighted by Crippen LogP contribution is -2.21. The Labute approximate surface area is 114 Å². The van der Waals surface area contributed by atoms with E-state index in [2.05, 4.69) is 36.5 Å². The van der Waals surface area contributed by atoms with Crippen LogP contribution in [0.3, 0.4) is 0 Å². The highest BCUT2D eigenvalue weighted by atomic mass is 19.1. The summed E-state index contributed by atoms with van der Waals surface area (Å²) in [6.07, 6.45) is 1.96. The van der Waals surface area contributed by atoms with Gasteiger partial charge in [0, 0.05) is 11.7 Å². The molecule has 0 radical (unpaired) electrons. The maximum absolute atomic E-state index is 13.3. The van der Waals surface area contributed by atoms with Crippen LogP contribution >= 0.6 is 0 Å². The standard InChI is InChI=1S/C17H20FN/c1-3-16(11-14-7-5-4-6-8-14)19-17-12-15(18)10-9-13(17)2/h4-10,12,16,19H,3,11H2,1-2H3. The molecule has 0 heterocycles. The normalized spacial score (nSPS) is 12.2. The Morgan fingerprint density at radius 2 is 1.84 bits per heavy atom. The molecule has 1 unspecified atom stereocenters. The summed E-state index contributed by atoms with van der Waals surface area (Å²) in [6, 6.07) is 15.6. The Morgan fingerprint density at radius 3 is 2.53 bits per heavy atom. The molecule has 100 valence electrons. The zero-order valence-electron chi connectivity index (χ0n) is 11.5. The van der Waals surface area contributed by atoms with Crippen molar-refractivity contribution in [3.8, 4) is 0 Å². The van der Waals surface area contributed by atoms with Gasteiger partial charge in [-0.1, -0.05) is 43.3 Å². The SMILES string of the molecule is CCC(Cc1ccccc1)Nc1cc(F)ccc1C. The minimum Gasteiger partial charge on any atom is -0.382 e. The largest absolute Gasteiger partial charge is 0.382 e. The van der Waals surface area contributed by atoms with Gasteiger partial charge in [0.15, 0.2) is 0 Å². The maximum Gasteiger partial charge on any atom is 0.125 e. The van der Waals surface area contributed by atoms with Gasteiger partial charge in [0.1, 0.15) is 5.82 Å². The highest BCUT2D eigenvalue weighted by Crippen LogP contribution is 2.19. The first-order valence-electron chi connectivity index (χ1n) is 6.75. The Kier molecular flexibility index (Phi) is 4.56. The number of anilines is 1. The van der Waals surface area contributed by atoms with Crippen LogP contribution in [-0.2, 0) is 6.42 Å². The van der Waals surface area contributed by atoms with E-state index in [9.17, 15) is 4.39 Å². The van der Waals surface area contributed by atoms with Gasteiger partial charge in [-0.3, -0.25) is 0 Å². The molecule has 1 nitrogen and oxygen atoms in total. The average Bonchev–Trinajstić information content (AvgIpc) is 2.43. The van der Waals surface area contributed by atoms with Crippen molar-refractivity contribution in [3.63, 3.8) is 0 Å². The molecule has 0 saturated heterocycles. The Hall–Kier alpha value is -1.83. The minimum atomic E-state index is -0.192. The van der Waals surface area contributed by atoms with Crippen LogP contribution in [0.15, 0.2) is 48.5 Å². The van der Waals surface area contributed by atoms with E-state index >= 15 is 0 Å². The molecule has 0 aromatic heterocycles. The van der Waals surface area contributed by atoms with Crippen LogP contribution in [0.1, 0.15) is 24.5 Å². The van der Waals surface area contributed by atoms with E-state index < -0.39 is 0 Å². The second-order valence-electron chi connectivity index (χ2n) is 4.90. The van der Waals surface area contributed by atoms with E-state index in [-0.39, 0.29) is 5.82 Å². The summed E-state index contributed by atoms with van der Waals surface area (Å²) < 4.78 is 13.3. The molecule has 2 aromatic rings. The zero-order valence-corrected chi connectivity index (χ0v) is 11.5. The second kappa shape index (κ2) is 6.37. The van der Waals surface area contributed by atoms with E-state index in [4.69, 9.17) is 0 Å². The summed E-state index contributed by atoms with van der Waals surface area (Å²) in [5.41, 5.74) is 3.27. The van der Waals surface area contributed by atoms with Crippen LogP contribution in [0, 0.1) is 12.7 Å². The predicted molar refractivity (Wildman–Crippen MR) is 79.0 cm³/mol. The van der Waals surface area contributed by atoms with Crippen LogP contribution in [-0.4, -0.2) is 6.04 Å². The average molecular weight is 257 g/mol. The first kappa shape index (κ1) is 13.6. The molecular formula is C17H20FN. The van der Waals surface area contributed by atoms with E-state index in [0.717, 1.165) is 24.1 Å². The summed E-state index contributed by atoms with van der Waals surface area (Å²) in [6.45, 7) is 4.15. The number of halogens is 1.